The lowest BCUT2D eigenvalue weighted by atomic mass is 10.4. The first kappa shape index (κ1) is 16.8. The second-order valence-electron chi connectivity index (χ2n) is 5.47. The van der Waals surface area contributed by atoms with E-state index in [9.17, 15) is 0 Å². The van der Waals surface area contributed by atoms with Crippen molar-refractivity contribution in [2.75, 3.05) is 80.5 Å². The first-order valence-electron chi connectivity index (χ1n) is 6.56. The summed E-state index contributed by atoms with van der Waals surface area (Å²) in [6, 6.07) is 0. The van der Waals surface area contributed by atoms with E-state index in [2.05, 4.69) is 43.7 Å². The van der Waals surface area contributed by atoms with Gasteiger partial charge in [0, 0.05) is 39.3 Å². The first-order chi connectivity index (χ1) is 7.98. The summed E-state index contributed by atoms with van der Waals surface area (Å²) in [4.78, 5) is 2.20. The van der Waals surface area contributed by atoms with Crippen LogP contribution < -0.4 is 16.4 Å². The molecule has 4 N–H and O–H groups in total. The lowest BCUT2D eigenvalue weighted by molar-refractivity contribution is -0.888. The molecule has 0 aromatic rings. The lowest BCUT2D eigenvalue weighted by Crippen LogP contribution is -2.48. The van der Waals surface area contributed by atoms with Gasteiger partial charge >= 0.3 is 0 Å². The molecule has 5 nitrogen and oxygen atoms in total. The highest BCUT2D eigenvalue weighted by Gasteiger charge is 2.13. The standard InChI is InChI=1S/C12H32N5/c1-16(2)10-7-15-9-12-17(3,4)11-8-14-6-5-13/h14-15H,5-13H2,1-4H3/q+1. The molecule has 0 unspecified atom stereocenters. The second kappa shape index (κ2) is 9.79. The van der Waals surface area contributed by atoms with Gasteiger partial charge in [0.2, 0.25) is 0 Å². The summed E-state index contributed by atoms with van der Waals surface area (Å²) in [7, 11) is 8.76. The van der Waals surface area contributed by atoms with E-state index < -0.39 is 0 Å². The molecule has 0 atom stereocenters. The summed E-state index contributed by atoms with van der Waals surface area (Å²) in [6.45, 7) is 8.25. The Morgan fingerprint density at radius 2 is 1.47 bits per heavy atom. The second-order valence-corrected chi connectivity index (χ2v) is 5.47. The van der Waals surface area contributed by atoms with Gasteiger partial charge in [0.05, 0.1) is 27.2 Å². The van der Waals surface area contributed by atoms with E-state index in [1.54, 1.807) is 0 Å². The highest BCUT2D eigenvalue weighted by Crippen LogP contribution is 1.93. The Morgan fingerprint density at radius 1 is 0.941 bits per heavy atom. The van der Waals surface area contributed by atoms with Gasteiger partial charge in [-0.15, -0.1) is 0 Å². The van der Waals surface area contributed by atoms with Gasteiger partial charge in [0.15, 0.2) is 0 Å². The van der Waals surface area contributed by atoms with Crippen LogP contribution in [0.15, 0.2) is 0 Å². The molecule has 5 heteroatoms. The largest absolute Gasteiger partial charge is 0.329 e. The van der Waals surface area contributed by atoms with Crippen LogP contribution in [0, 0.1) is 0 Å². The highest BCUT2D eigenvalue weighted by molar-refractivity contribution is 4.51. The quantitative estimate of drug-likeness (QED) is 0.315. The molecule has 17 heavy (non-hydrogen) atoms. The van der Waals surface area contributed by atoms with Crippen molar-refractivity contribution in [2.45, 2.75) is 0 Å². The third-order valence-electron chi connectivity index (χ3n) is 2.84. The Bertz CT molecular complexity index is 170. The fraction of sp³-hybridized carbons (Fsp3) is 1.00. The van der Waals surface area contributed by atoms with Crippen molar-refractivity contribution in [1.82, 2.24) is 15.5 Å². The zero-order valence-electron chi connectivity index (χ0n) is 12.1. The van der Waals surface area contributed by atoms with Crippen molar-refractivity contribution < 1.29 is 4.48 Å². The van der Waals surface area contributed by atoms with E-state index in [1.165, 1.54) is 0 Å². The van der Waals surface area contributed by atoms with E-state index in [4.69, 9.17) is 5.73 Å². The summed E-state index contributed by atoms with van der Waals surface area (Å²) >= 11 is 0. The molecule has 0 aliphatic heterocycles. The van der Waals surface area contributed by atoms with Crippen LogP contribution in [0.5, 0.6) is 0 Å². The van der Waals surface area contributed by atoms with Crippen molar-refractivity contribution in [2.24, 2.45) is 5.73 Å². The lowest BCUT2D eigenvalue weighted by Gasteiger charge is -2.30. The van der Waals surface area contributed by atoms with Crippen LogP contribution in [0.4, 0.5) is 0 Å². The van der Waals surface area contributed by atoms with E-state index in [1.807, 2.05) is 0 Å². The number of rotatable bonds is 11. The van der Waals surface area contributed by atoms with Gasteiger partial charge in [0.1, 0.15) is 0 Å². The Kier molecular flexibility index (Phi) is 9.68. The maximum Gasteiger partial charge on any atom is 0.0909 e. The van der Waals surface area contributed by atoms with Gasteiger partial charge in [-0.1, -0.05) is 0 Å². The van der Waals surface area contributed by atoms with E-state index in [0.717, 1.165) is 56.8 Å². The van der Waals surface area contributed by atoms with Crippen LogP contribution in [0.1, 0.15) is 0 Å². The molecule has 0 amide bonds. The van der Waals surface area contributed by atoms with Crippen LogP contribution >= 0.6 is 0 Å². The van der Waals surface area contributed by atoms with Gasteiger partial charge in [0.25, 0.3) is 0 Å². The zero-order valence-corrected chi connectivity index (χ0v) is 12.1. The van der Waals surface area contributed by atoms with Crippen molar-refractivity contribution in [3.8, 4) is 0 Å². The minimum atomic E-state index is 0.722. The fourth-order valence-corrected chi connectivity index (χ4v) is 1.53. The molecule has 0 saturated carbocycles. The Labute approximate surface area is 107 Å². The van der Waals surface area contributed by atoms with Crippen LogP contribution in [0.2, 0.25) is 0 Å². The van der Waals surface area contributed by atoms with Crippen LogP contribution in [0.3, 0.4) is 0 Å². The molecule has 104 valence electrons. The van der Waals surface area contributed by atoms with Crippen LogP contribution in [-0.4, -0.2) is 89.9 Å². The van der Waals surface area contributed by atoms with Crippen molar-refractivity contribution >= 4 is 0 Å². The van der Waals surface area contributed by atoms with Gasteiger partial charge in [-0.3, -0.25) is 0 Å². The van der Waals surface area contributed by atoms with Crippen LogP contribution in [0.25, 0.3) is 0 Å². The average Bonchev–Trinajstić information content (AvgIpc) is 2.23. The first-order valence-corrected chi connectivity index (χ1v) is 6.56. The molecule has 0 aromatic carbocycles. The maximum atomic E-state index is 5.43. The predicted octanol–water partition coefficient (Wildman–Crippen LogP) is -1.24. The topological polar surface area (TPSA) is 53.3 Å². The fourth-order valence-electron chi connectivity index (χ4n) is 1.53. The SMILES string of the molecule is CN(C)CCNCC[N+](C)(C)CCNCCN. The average molecular weight is 246 g/mol. The minimum absolute atomic E-state index is 0.722. The number of nitrogens with zero attached hydrogens (tertiary/aromatic N) is 2. The van der Waals surface area contributed by atoms with Crippen LogP contribution in [-0.2, 0) is 0 Å². The smallest absolute Gasteiger partial charge is 0.0909 e. The molecule has 0 spiro atoms. The third kappa shape index (κ3) is 12.1. The number of quaternary nitrogens is 1. The van der Waals surface area contributed by atoms with Gasteiger partial charge in [-0.05, 0) is 14.1 Å². The van der Waals surface area contributed by atoms with E-state index >= 15 is 0 Å². The number of hydrogen-bond donors (Lipinski definition) is 3. The summed E-state index contributed by atoms with van der Waals surface area (Å²) in [5.74, 6) is 0. The molecule has 0 fully saturated rings. The predicted molar refractivity (Wildman–Crippen MR) is 75.2 cm³/mol. The molecule has 0 aliphatic carbocycles. The zero-order chi connectivity index (χ0) is 13.1. The Balaban J connectivity index is 3.43. The third-order valence-corrected chi connectivity index (χ3v) is 2.84. The summed E-state index contributed by atoms with van der Waals surface area (Å²) < 4.78 is 1.05. The molecular weight excluding hydrogens is 214 g/mol. The van der Waals surface area contributed by atoms with Crippen molar-refractivity contribution in [3.63, 3.8) is 0 Å². The van der Waals surface area contributed by atoms with E-state index in [-0.39, 0.29) is 0 Å². The van der Waals surface area contributed by atoms with Gasteiger partial charge in [-0.2, -0.15) is 0 Å². The maximum absolute atomic E-state index is 5.43. The summed E-state index contributed by atoms with van der Waals surface area (Å²) in [5, 5.41) is 6.82. The Morgan fingerprint density at radius 3 is 1.94 bits per heavy atom. The molecule has 0 saturated heterocycles. The summed E-state index contributed by atoms with van der Waals surface area (Å²) in [5.41, 5.74) is 5.43. The Hall–Kier alpha value is -0.200. The monoisotopic (exact) mass is 246 g/mol. The normalized spacial score (nSPS) is 12.4. The molecular formula is C12H32N5+. The number of nitrogens with one attached hydrogen (secondary N) is 2. The highest BCUT2D eigenvalue weighted by atomic mass is 15.3. The number of nitrogens with two attached hydrogens (primary N) is 1. The number of hydrogen-bond acceptors (Lipinski definition) is 4. The van der Waals surface area contributed by atoms with Gasteiger partial charge in [-0.25, -0.2) is 0 Å². The minimum Gasteiger partial charge on any atom is -0.329 e. The number of likely N-dealkylation sites (N-methyl/N-ethyl adjacent to an activating group) is 2. The molecule has 0 heterocycles. The molecule has 0 aromatic heterocycles. The van der Waals surface area contributed by atoms with Crippen molar-refractivity contribution in [1.29, 1.82) is 0 Å². The van der Waals surface area contributed by atoms with Gasteiger partial charge < -0.3 is 25.8 Å². The van der Waals surface area contributed by atoms with E-state index in [0.29, 0.717) is 0 Å². The molecule has 0 radical (unpaired) electrons. The molecule has 0 aliphatic rings. The molecule has 0 rings (SSSR count). The summed E-state index contributed by atoms with van der Waals surface area (Å²) in [6.07, 6.45) is 0. The molecule has 0 bridgehead atoms. The van der Waals surface area contributed by atoms with Crippen molar-refractivity contribution in [3.05, 3.63) is 0 Å².